The summed E-state index contributed by atoms with van der Waals surface area (Å²) in [6, 6.07) is 16.0. The number of anilines is 1. The Morgan fingerprint density at radius 2 is 1.72 bits per heavy atom. The molecule has 0 atom stereocenters. The minimum atomic E-state index is -3.67. The molecule has 6 heteroatoms. The van der Waals surface area contributed by atoms with E-state index in [4.69, 9.17) is 4.74 Å². The summed E-state index contributed by atoms with van der Waals surface area (Å²) in [5.41, 5.74) is 3.39. The number of hydrogen-bond donors (Lipinski definition) is 1. The van der Waals surface area contributed by atoms with Crippen LogP contribution in [0.4, 0.5) is 5.69 Å². The highest BCUT2D eigenvalue weighted by Crippen LogP contribution is 2.24. The minimum absolute atomic E-state index is 0.190. The quantitative estimate of drug-likeness (QED) is 0.754. The number of aryl methyl sites for hydroxylation is 2. The molecule has 0 radical (unpaired) electrons. The number of nitrogens with zero attached hydrogens (tertiary/aromatic N) is 1. The van der Waals surface area contributed by atoms with Crippen LogP contribution >= 0.6 is 0 Å². The first-order valence-electron chi connectivity index (χ1n) is 7.82. The Morgan fingerprint density at radius 3 is 2.32 bits per heavy atom. The van der Waals surface area contributed by atoms with Gasteiger partial charge in [0.25, 0.3) is 10.0 Å². The lowest BCUT2D eigenvalue weighted by Gasteiger charge is -2.14. The predicted molar refractivity (Wildman–Crippen MR) is 99.0 cm³/mol. The van der Waals surface area contributed by atoms with Crippen molar-refractivity contribution in [2.75, 3.05) is 11.8 Å². The number of hydrogen-bond acceptors (Lipinski definition) is 3. The van der Waals surface area contributed by atoms with Gasteiger partial charge in [-0.2, -0.15) is 0 Å². The molecule has 25 heavy (non-hydrogen) atoms. The van der Waals surface area contributed by atoms with Crippen LogP contribution in [0.2, 0.25) is 0 Å². The molecule has 0 saturated carbocycles. The molecule has 1 aromatic heterocycles. The number of nitrogens with one attached hydrogen (secondary N) is 1. The highest BCUT2D eigenvalue weighted by atomic mass is 32.2. The fourth-order valence-electron chi connectivity index (χ4n) is 2.58. The number of ether oxygens (including phenoxy) is 1. The molecule has 3 aromatic rings. The van der Waals surface area contributed by atoms with E-state index in [1.165, 1.54) is 12.1 Å². The van der Waals surface area contributed by atoms with E-state index in [2.05, 4.69) is 4.72 Å². The molecule has 1 heterocycles. The molecule has 0 bridgehead atoms. The van der Waals surface area contributed by atoms with Crippen LogP contribution in [0.5, 0.6) is 5.75 Å². The zero-order chi connectivity index (χ0) is 18.0. The SMILES string of the molecule is COc1ccc(S(=O)(=O)Nc2cc(-n3cccc3C)ccc2C)cc1. The average Bonchev–Trinajstić information content (AvgIpc) is 3.03. The van der Waals surface area contributed by atoms with Gasteiger partial charge >= 0.3 is 0 Å². The molecule has 0 amide bonds. The molecule has 0 fully saturated rings. The van der Waals surface area contributed by atoms with Crippen molar-refractivity contribution >= 4 is 15.7 Å². The molecule has 0 aliphatic heterocycles. The second-order valence-corrected chi connectivity index (χ2v) is 7.48. The number of benzene rings is 2. The van der Waals surface area contributed by atoms with Crippen molar-refractivity contribution in [3.8, 4) is 11.4 Å². The Kier molecular flexibility index (Phi) is 4.55. The van der Waals surface area contributed by atoms with Gasteiger partial charge < -0.3 is 9.30 Å². The minimum Gasteiger partial charge on any atom is -0.497 e. The number of sulfonamides is 1. The van der Waals surface area contributed by atoms with E-state index in [0.717, 1.165) is 16.9 Å². The molecular formula is C19H20N2O3S. The van der Waals surface area contributed by atoms with Crippen LogP contribution in [0.1, 0.15) is 11.3 Å². The molecule has 5 nitrogen and oxygen atoms in total. The third-order valence-electron chi connectivity index (χ3n) is 4.07. The molecular weight excluding hydrogens is 336 g/mol. The van der Waals surface area contributed by atoms with Gasteiger partial charge in [0, 0.05) is 17.6 Å². The molecule has 0 aliphatic rings. The standard InChI is InChI=1S/C19H20N2O3S/c1-14-6-7-16(21-12-4-5-15(21)2)13-19(14)20-25(22,23)18-10-8-17(24-3)9-11-18/h4-13,20H,1-3H3. The van der Waals surface area contributed by atoms with Crippen LogP contribution in [0.15, 0.2) is 65.7 Å². The normalized spacial score (nSPS) is 11.3. The monoisotopic (exact) mass is 356 g/mol. The van der Waals surface area contributed by atoms with Crippen molar-refractivity contribution in [3.05, 3.63) is 72.1 Å². The summed E-state index contributed by atoms with van der Waals surface area (Å²) in [5, 5.41) is 0. The number of aromatic nitrogens is 1. The summed E-state index contributed by atoms with van der Waals surface area (Å²) in [4.78, 5) is 0.190. The lowest BCUT2D eigenvalue weighted by Crippen LogP contribution is -2.14. The summed E-state index contributed by atoms with van der Waals surface area (Å²) in [6.07, 6.45) is 1.95. The Morgan fingerprint density at radius 1 is 1.00 bits per heavy atom. The van der Waals surface area contributed by atoms with Crippen molar-refractivity contribution in [3.63, 3.8) is 0 Å². The molecule has 3 rings (SSSR count). The molecule has 0 spiro atoms. The average molecular weight is 356 g/mol. The van der Waals surface area contributed by atoms with Gasteiger partial charge in [0.15, 0.2) is 0 Å². The topological polar surface area (TPSA) is 60.3 Å². The fraction of sp³-hybridized carbons (Fsp3) is 0.158. The van der Waals surface area contributed by atoms with E-state index in [1.807, 2.05) is 54.9 Å². The van der Waals surface area contributed by atoms with E-state index in [0.29, 0.717) is 11.4 Å². The van der Waals surface area contributed by atoms with Crippen molar-refractivity contribution in [1.29, 1.82) is 0 Å². The van der Waals surface area contributed by atoms with Gasteiger partial charge in [-0.25, -0.2) is 8.42 Å². The maximum Gasteiger partial charge on any atom is 0.261 e. The van der Waals surface area contributed by atoms with Gasteiger partial charge in [-0.15, -0.1) is 0 Å². The first-order chi connectivity index (χ1) is 11.9. The zero-order valence-electron chi connectivity index (χ0n) is 14.4. The zero-order valence-corrected chi connectivity index (χ0v) is 15.2. The van der Waals surface area contributed by atoms with Gasteiger partial charge in [-0.05, 0) is 67.9 Å². The van der Waals surface area contributed by atoms with Gasteiger partial charge in [0.05, 0.1) is 17.7 Å². The summed E-state index contributed by atoms with van der Waals surface area (Å²) in [6.45, 7) is 3.87. The highest BCUT2D eigenvalue weighted by molar-refractivity contribution is 7.92. The van der Waals surface area contributed by atoms with Gasteiger partial charge in [0.2, 0.25) is 0 Å². The van der Waals surface area contributed by atoms with Gasteiger partial charge in [-0.3, -0.25) is 4.72 Å². The molecule has 0 saturated heterocycles. The second-order valence-electron chi connectivity index (χ2n) is 5.80. The van der Waals surface area contributed by atoms with Crippen LogP contribution in [0.25, 0.3) is 5.69 Å². The van der Waals surface area contributed by atoms with E-state index in [9.17, 15) is 8.42 Å². The van der Waals surface area contributed by atoms with Crippen LogP contribution in [-0.4, -0.2) is 20.1 Å². The van der Waals surface area contributed by atoms with E-state index in [-0.39, 0.29) is 4.90 Å². The predicted octanol–water partition coefficient (Wildman–Crippen LogP) is 3.90. The smallest absolute Gasteiger partial charge is 0.261 e. The Labute approximate surface area is 147 Å². The molecule has 0 unspecified atom stereocenters. The van der Waals surface area contributed by atoms with Crippen molar-refractivity contribution < 1.29 is 13.2 Å². The lowest BCUT2D eigenvalue weighted by atomic mass is 10.2. The van der Waals surface area contributed by atoms with Gasteiger partial charge in [0.1, 0.15) is 5.75 Å². The summed E-state index contributed by atoms with van der Waals surface area (Å²) >= 11 is 0. The Hall–Kier alpha value is -2.73. The van der Waals surface area contributed by atoms with Crippen LogP contribution < -0.4 is 9.46 Å². The van der Waals surface area contributed by atoms with E-state index in [1.54, 1.807) is 19.2 Å². The fourth-order valence-corrected chi connectivity index (χ4v) is 3.71. The molecule has 1 N–H and O–H groups in total. The lowest BCUT2D eigenvalue weighted by molar-refractivity contribution is 0.414. The summed E-state index contributed by atoms with van der Waals surface area (Å²) in [5.74, 6) is 0.611. The first kappa shape index (κ1) is 17.1. The van der Waals surface area contributed by atoms with Crippen LogP contribution in [0, 0.1) is 13.8 Å². The van der Waals surface area contributed by atoms with Crippen LogP contribution in [-0.2, 0) is 10.0 Å². The molecule has 2 aromatic carbocycles. The Bertz CT molecular complexity index is 990. The van der Waals surface area contributed by atoms with Gasteiger partial charge in [-0.1, -0.05) is 6.07 Å². The maximum atomic E-state index is 12.7. The summed E-state index contributed by atoms with van der Waals surface area (Å²) in [7, 11) is -2.13. The number of methoxy groups -OCH3 is 1. The summed E-state index contributed by atoms with van der Waals surface area (Å²) < 4.78 is 35.1. The van der Waals surface area contributed by atoms with Crippen molar-refractivity contribution in [1.82, 2.24) is 4.57 Å². The highest BCUT2D eigenvalue weighted by Gasteiger charge is 2.16. The van der Waals surface area contributed by atoms with Crippen molar-refractivity contribution in [2.24, 2.45) is 0 Å². The molecule has 0 aliphatic carbocycles. The van der Waals surface area contributed by atoms with E-state index >= 15 is 0 Å². The van der Waals surface area contributed by atoms with Crippen molar-refractivity contribution in [2.45, 2.75) is 18.7 Å². The van der Waals surface area contributed by atoms with Crippen LogP contribution in [0.3, 0.4) is 0 Å². The third kappa shape index (κ3) is 3.53. The molecule has 130 valence electrons. The first-order valence-corrected chi connectivity index (χ1v) is 9.31. The Balaban J connectivity index is 1.95. The number of rotatable bonds is 5. The third-order valence-corrected chi connectivity index (χ3v) is 5.45. The second kappa shape index (κ2) is 6.64. The maximum absolute atomic E-state index is 12.7. The largest absolute Gasteiger partial charge is 0.497 e. The van der Waals surface area contributed by atoms with E-state index < -0.39 is 10.0 Å².